The summed E-state index contributed by atoms with van der Waals surface area (Å²) in [5, 5.41) is 2.68. The quantitative estimate of drug-likeness (QED) is 0.759. The van der Waals surface area contributed by atoms with Gasteiger partial charge in [0.25, 0.3) is 5.91 Å². The van der Waals surface area contributed by atoms with E-state index < -0.39 is 10.0 Å². The summed E-state index contributed by atoms with van der Waals surface area (Å²) in [6.45, 7) is 7.63. The summed E-state index contributed by atoms with van der Waals surface area (Å²) >= 11 is 0. The lowest BCUT2D eigenvalue weighted by molar-refractivity contribution is -0.118. The lowest BCUT2D eigenvalue weighted by Crippen LogP contribution is -2.22. The molecule has 0 unspecified atom stereocenters. The first-order chi connectivity index (χ1) is 12.6. The number of carbonyl (C=O) groups excluding carboxylic acids is 1. The Morgan fingerprint density at radius 2 is 1.81 bits per heavy atom. The van der Waals surface area contributed by atoms with Crippen LogP contribution in [0.4, 0.5) is 5.69 Å². The number of hydrogen-bond acceptors (Lipinski definition) is 4. The number of nitrogens with one attached hydrogen (secondary N) is 2. The molecular formula is C20H26N2O4S. The van der Waals surface area contributed by atoms with E-state index in [1.807, 2.05) is 25.1 Å². The van der Waals surface area contributed by atoms with Gasteiger partial charge in [-0.2, -0.15) is 0 Å². The molecule has 2 rings (SSSR count). The molecule has 6 nitrogen and oxygen atoms in total. The van der Waals surface area contributed by atoms with E-state index in [0.717, 1.165) is 11.1 Å². The maximum atomic E-state index is 12.3. The molecule has 0 radical (unpaired) electrons. The molecule has 0 bridgehead atoms. The number of sulfonamides is 1. The van der Waals surface area contributed by atoms with Crippen molar-refractivity contribution in [1.29, 1.82) is 0 Å². The van der Waals surface area contributed by atoms with Gasteiger partial charge in [-0.25, -0.2) is 13.1 Å². The van der Waals surface area contributed by atoms with Crippen molar-refractivity contribution in [2.45, 2.75) is 38.5 Å². The summed E-state index contributed by atoms with van der Waals surface area (Å²) in [5.74, 6) is 0.598. The van der Waals surface area contributed by atoms with Crippen molar-refractivity contribution in [3.8, 4) is 5.75 Å². The van der Waals surface area contributed by atoms with Crippen LogP contribution in [0.5, 0.6) is 5.75 Å². The van der Waals surface area contributed by atoms with Gasteiger partial charge in [0, 0.05) is 5.69 Å². The molecule has 0 saturated carbocycles. The van der Waals surface area contributed by atoms with E-state index >= 15 is 0 Å². The summed E-state index contributed by atoms with van der Waals surface area (Å²) in [6, 6.07) is 10.7. The molecule has 2 aromatic carbocycles. The van der Waals surface area contributed by atoms with Crippen molar-refractivity contribution in [2.75, 3.05) is 19.0 Å². The Bertz CT molecular complexity index is 937. The van der Waals surface area contributed by atoms with Gasteiger partial charge in [-0.05, 0) is 61.7 Å². The first-order valence-corrected chi connectivity index (χ1v) is 10.2. The monoisotopic (exact) mass is 390 g/mol. The third kappa shape index (κ3) is 5.30. The largest absolute Gasteiger partial charge is 0.483 e. The summed E-state index contributed by atoms with van der Waals surface area (Å²) in [5.41, 5.74) is 3.08. The molecule has 7 heteroatoms. The number of benzene rings is 2. The van der Waals surface area contributed by atoms with Crippen LogP contribution in [0.25, 0.3) is 0 Å². The molecule has 146 valence electrons. The maximum Gasteiger partial charge on any atom is 0.262 e. The number of rotatable bonds is 7. The Kier molecular flexibility index (Phi) is 6.62. The van der Waals surface area contributed by atoms with Crippen LogP contribution in [0.15, 0.2) is 41.3 Å². The van der Waals surface area contributed by atoms with Gasteiger partial charge in [-0.1, -0.05) is 32.0 Å². The fourth-order valence-corrected chi connectivity index (χ4v) is 3.66. The average molecular weight is 391 g/mol. The van der Waals surface area contributed by atoms with Gasteiger partial charge in [0.1, 0.15) is 5.75 Å². The number of anilines is 1. The zero-order chi connectivity index (χ0) is 20.2. The Hall–Kier alpha value is -2.38. The van der Waals surface area contributed by atoms with Crippen LogP contribution in [-0.2, 0) is 14.8 Å². The molecule has 0 fully saturated rings. The van der Waals surface area contributed by atoms with E-state index in [1.165, 1.54) is 13.1 Å². The molecule has 27 heavy (non-hydrogen) atoms. The number of carbonyl (C=O) groups is 1. The van der Waals surface area contributed by atoms with Crippen molar-refractivity contribution in [1.82, 2.24) is 4.72 Å². The van der Waals surface area contributed by atoms with Crippen LogP contribution in [0.2, 0.25) is 0 Å². The van der Waals surface area contributed by atoms with Crippen LogP contribution in [0.1, 0.15) is 36.5 Å². The van der Waals surface area contributed by atoms with E-state index in [4.69, 9.17) is 4.74 Å². The van der Waals surface area contributed by atoms with Crippen molar-refractivity contribution >= 4 is 21.6 Å². The van der Waals surface area contributed by atoms with E-state index in [1.54, 1.807) is 19.1 Å². The second-order valence-corrected chi connectivity index (χ2v) is 8.58. The molecule has 0 aliphatic heterocycles. The van der Waals surface area contributed by atoms with Crippen LogP contribution in [0, 0.1) is 13.8 Å². The van der Waals surface area contributed by atoms with Crippen molar-refractivity contribution in [2.24, 2.45) is 0 Å². The molecule has 0 spiro atoms. The molecule has 0 aromatic heterocycles. The van der Waals surface area contributed by atoms with Gasteiger partial charge in [0.15, 0.2) is 6.61 Å². The first kappa shape index (κ1) is 20.9. The minimum Gasteiger partial charge on any atom is -0.483 e. The number of aryl methyl sites for hydroxylation is 2. The van der Waals surface area contributed by atoms with Gasteiger partial charge in [0.05, 0.1) is 4.90 Å². The van der Waals surface area contributed by atoms with Crippen molar-refractivity contribution in [3.63, 3.8) is 0 Å². The Morgan fingerprint density at radius 1 is 1.11 bits per heavy atom. The number of ether oxygens (including phenoxy) is 1. The molecule has 0 aliphatic rings. The topological polar surface area (TPSA) is 84.5 Å². The minimum absolute atomic E-state index is 0.129. The van der Waals surface area contributed by atoms with Crippen LogP contribution < -0.4 is 14.8 Å². The molecular weight excluding hydrogens is 364 g/mol. The highest BCUT2D eigenvalue weighted by molar-refractivity contribution is 7.89. The lowest BCUT2D eigenvalue weighted by atomic mass is 10.0. The highest BCUT2D eigenvalue weighted by Crippen LogP contribution is 2.27. The molecule has 1 amide bonds. The number of hydrogen-bond donors (Lipinski definition) is 2. The summed E-state index contributed by atoms with van der Waals surface area (Å²) in [7, 11) is -2.25. The van der Waals surface area contributed by atoms with Gasteiger partial charge >= 0.3 is 0 Å². The van der Waals surface area contributed by atoms with E-state index in [0.29, 0.717) is 17.0 Å². The van der Waals surface area contributed by atoms with Crippen molar-refractivity contribution < 1.29 is 17.9 Å². The predicted molar refractivity (Wildman–Crippen MR) is 107 cm³/mol. The third-order valence-electron chi connectivity index (χ3n) is 4.18. The highest BCUT2D eigenvalue weighted by Gasteiger charge is 2.16. The van der Waals surface area contributed by atoms with E-state index in [2.05, 4.69) is 23.9 Å². The highest BCUT2D eigenvalue weighted by atomic mass is 32.2. The third-order valence-corrected chi connectivity index (χ3v) is 5.74. The SMILES string of the molecule is CNS(=O)(=O)c1cc(NC(=O)COc2cc(C)ccc2C(C)C)ccc1C. The standard InChI is InChI=1S/C20H26N2O4S/c1-13(2)17-9-6-14(3)10-18(17)26-12-20(23)22-16-8-7-15(4)19(11-16)27(24,25)21-5/h6-11,13,21H,12H2,1-5H3,(H,22,23). The fourth-order valence-electron chi connectivity index (χ4n) is 2.66. The van der Waals surface area contributed by atoms with Crippen LogP contribution >= 0.6 is 0 Å². The van der Waals surface area contributed by atoms with E-state index in [9.17, 15) is 13.2 Å². The summed E-state index contributed by atoms with van der Waals surface area (Å²) < 4.78 is 32.1. The molecule has 0 aliphatic carbocycles. The fraction of sp³-hybridized carbons (Fsp3) is 0.350. The molecule has 0 heterocycles. The van der Waals surface area contributed by atoms with E-state index in [-0.39, 0.29) is 23.3 Å². The van der Waals surface area contributed by atoms with Crippen LogP contribution in [0.3, 0.4) is 0 Å². The molecule has 2 N–H and O–H groups in total. The maximum absolute atomic E-state index is 12.3. The minimum atomic E-state index is -3.59. The van der Waals surface area contributed by atoms with Gasteiger partial charge in [-0.3, -0.25) is 4.79 Å². The molecule has 0 atom stereocenters. The Morgan fingerprint density at radius 3 is 2.44 bits per heavy atom. The summed E-state index contributed by atoms with van der Waals surface area (Å²) in [6.07, 6.45) is 0. The normalized spacial score (nSPS) is 11.5. The van der Waals surface area contributed by atoms with Gasteiger partial charge in [-0.15, -0.1) is 0 Å². The Balaban J connectivity index is 2.11. The lowest BCUT2D eigenvalue weighted by Gasteiger charge is -2.15. The zero-order valence-corrected chi connectivity index (χ0v) is 17.1. The molecule has 2 aromatic rings. The average Bonchev–Trinajstić information content (AvgIpc) is 2.61. The second-order valence-electron chi connectivity index (χ2n) is 6.72. The second kappa shape index (κ2) is 8.54. The van der Waals surface area contributed by atoms with Crippen molar-refractivity contribution in [3.05, 3.63) is 53.1 Å². The molecule has 0 saturated heterocycles. The number of amides is 1. The zero-order valence-electron chi connectivity index (χ0n) is 16.3. The van der Waals surface area contributed by atoms with Crippen LogP contribution in [-0.4, -0.2) is 28.0 Å². The van der Waals surface area contributed by atoms with Gasteiger partial charge < -0.3 is 10.1 Å². The Labute approximate surface area is 161 Å². The predicted octanol–water partition coefficient (Wildman–Crippen LogP) is 3.35. The van der Waals surface area contributed by atoms with Gasteiger partial charge in [0.2, 0.25) is 10.0 Å². The smallest absolute Gasteiger partial charge is 0.262 e. The summed E-state index contributed by atoms with van der Waals surface area (Å²) in [4.78, 5) is 12.4. The first-order valence-electron chi connectivity index (χ1n) is 8.71.